The second kappa shape index (κ2) is 8.48. The van der Waals surface area contributed by atoms with Crippen molar-refractivity contribution in [2.24, 2.45) is 0 Å². The lowest BCUT2D eigenvalue weighted by Crippen LogP contribution is -2.43. The van der Waals surface area contributed by atoms with E-state index < -0.39 is 9.84 Å². The quantitative estimate of drug-likeness (QED) is 0.606. The number of ether oxygens (including phenoxy) is 1. The van der Waals surface area contributed by atoms with E-state index in [1.165, 1.54) is 0 Å². The van der Waals surface area contributed by atoms with Gasteiger partial charge in [-0.05, 0) is 41.3 Å². The van der Waals surface area contributed by atoms with Crippen LogP contribution in [0.1, 0.15) is 17.5 Å². The predicted molar refractivity (Wildman–Crippen MR) is 118 cm³/mol. The third kappa shape index (κ3) is 4.49. The Morgan fingerprint density at radius 3 is 2.53 bits per heavy atom. The summed E-state index contributed by atoms with van der Waals surface area (Å²) in [6, 6.07) is 21.2. The van der Waals surface area contributed by atoms with Gasteiger partial charge >= 0.3 is 0 Å². The number of hydrogen-bond acceptors (Lipinski definition) is 4. The molecule has 0 spiro atoms. The smallest absolute Gasteiger partial charge is 0.261 e. The first-order valence-corrected chi connectivity index (χ1v) is 11.9. The minimum Gasteiger partial charge on any atom is -0.484 e. The number of amides is 1. The average Bonchev–Trinajstić information content (AvgIpc) is 3.10. The van der Waals surface area contributed by atoms with Gasteiger partial charge in [-0.2, -0.15) is 0 Å². The summed E-state index contributed by atoms with van der Waals surface area (Å²) in [5, 5.41) is 2.16. The molecule has 4 rings (SSSR count). The van der Waals surface area contributed by atoms with Crippen molar-refractivity contribution in [2.45, 2.75) is 25.9 Å². The molecule has 5 nitrogen and oxygen atoms in total. The van der Waals surface area contributed by atoms with Crippen LogP contribution in [-0.2, 0) is 21.2 Å². The van der Waals surface area contributed by atoms with Crippen molar-refractivity contribution >= 4 is 26.5 Å². The Balaban J connectivity index is 1.59. The SMILES string of the molecule is Cc1ccccc1OCC(=O)N(Cc1cccc2ccccc12)[C@H]1CCS(=O)(=O)C1. The highest BCUT2D eigenvalue weighted by Gasteiger charge is 2.35. The van der Waals surface area contributed by atoms with Gasteiger partial charge in [0.05, 0.1) is 11.5 Å². The number of benzene rings is 3. The van der Waals surface area contributed by atoms with Crippen molar-refractivity contribution in [3.63, 3.8) is 0 Å². The third-order valence-corrected chi connectivity index (χ3v) is 7.39. The van der Waals surface area contributed by atoms with Gasteiger partial charge in [0, 0.05) is 12.6 Å². The Kier molecular flexibility index (Phi) is 5.77. The van der Waals surface area contributed by atoms with Crippen LogP contribution < -0.4 is 4.74 Å². The minimum absolute atomic E-state index is 0.00781. The van der Waals surface area contributed by atoms with Crippen LogP contribution in [0.5, 0.6) is 5.75 Å². The topological polar surface area (TPSA) is 63.7 Å². The molecule has 1 fully saturated rings. The predicted octanol–water partition coefficient (Wildman–Crippen LogP) is 3.74. The fraction of sp³-hybridized carbons (Fsp3) is 0.292. The zero-order chi connectivity index (χ0) is 21.1. The van der Waals surface area contributed by atoms with Gasteiger partial charge in [0.15, 0.2) is 16.4 Å². The van der Waals surface area contributed by atoms with E-state index >= 15 is 0 Å². The maximum absolute atomic E-state index is 13.2. The molecule has 3 aromatic carbocycles. The number of nitrogens with zero attached hydrogens (tertiary/aromatic N) is 1. The highest BCUT2D eigenvalue weighted by atomic mass is 32.2. The number of fused-ring (bicyclic) bond motifs is 1. The molecule has 0 radical (unpaired) electrons. The molecule has 1 aliphatic rings. The lowest BCUT2D eigenvalue weighted by Gasteiger charge is -2.29. The molecule has 3 aromatic rings. The highest BCUT2D eigenvalue weighted by molar-refractivity contribution is 7.91. The van der Waals surface area contributed by atoms with Crippen LogP contribution in [0.3, 0.4) is 0 Å². The van der Waals surface area contributed by atoms with Crippen LogP contribution in [0.25, 0.3) is 10.8 Å². The number of para-hydroxylation sites is 1. The maximum atomic E-state index is 13.2. The number of rotatable bonds is 6. The van der Waals surface area contributed by atoms with Gasteiger partial charge in [-0.15, -0.1) is 0 Å². The molecule has 1 aliphatic heterocycles. The van der Waals surface area contributed by atoms with Gasteiger partial charge < -0.3 is 9.64 Å². The van der Waals surface area contributed by atoms with E-state index in [9.17, 15) is 13.2 Å². The first-order valence-electron chi connectivity index (χ1n) is 10.1. The number of sulfone groups is 1. The van der Waals surface area contributed by atoms with Gasteiger partial charge in [0.25, 0.3) is 5.91 Å². The van der Waals surface area contributed by atoms with E-state index in [1.54, 1.807) is 4.90 Å². The molecule has 0 unspecified atom stereocenters. The molecule has 0 N–H and O–H groups in total. The normalized spacial score (nSPS) is 17.7. The lowest BCUT2D eigenvalue weighted by atomic mass is 10.0. The van der Waals surface area contributed by atoms with Crippen molar-refractivity contribution in [3.05, 3.63) is 77.9 Å². The van der Waals surface area contributed by atoms with Crippen LogP contribution in [-0.4, -0.2) is 43.4 Å². The van der Waals surface area contributed by atoms with Crippen molar-refractivity contribution in [3.8, 4) is 5.75 Å². The summed E-state index contributed by atoms with van der Waals surface area (Å²) < 4.78 is 30.0. The van der Waals surface area contributed by atoms with Crippen molar-refractivity contribution in [1.29, 1.82) is 0 Å². The number of hydrogen-bond donors (Lipinski definition) is 0. The Bertz CT molecular complexity index is 1170. The number of carbonyl (C=O) groups is 1. The summed E-state index contributed by atoms with van der Waals surface area (Å²) in [7, 11) is -3.12. The Morgan fingerprint density at radius 2 is 1.77 bits per heavy atom. The van der Waals surface area contributed by atoms with Crippen molar-refractivity contribution in [2.75, 3.05) is 18.1 Å². The Morgan fingerprint density at radius 1 is 1.03 bits per heavy atom. The summed E-state index contributed by atoms with van der Waals surface area (Å²) in [5.41, 5.74) is 1.95. The molecule has 0 aromatic heterocycles. The monoisotopic (exact) mass is 423 g/mol. The molecule has 1 atom stereocenters. The van der Waals surface area contributed by atoms with Gasteiger partial charge in [0.1, 0.15) is 5.75 Å². The van der Waals surface area contributed by atoms with Crippen molar-refractivity contribution < 1.29 is 17.9 Å². The second-order valence-electron chi connectivity index (χ2n) is 7.77. The molecule has 0 saturated carbocycles. The fourth-order valence-electron chi connectivity index (χ4n) is 4.00. The van der Waals surface area contributed by atoms with Crippen LogP contribution in [0.4, 0.5) is 0 Å². The maximum Gasteiger partial charge on any atom is 0.261 e. The first-order chi connectivity index (χ1) is 14.4. The molecule has 1 heterocycles. The summed E-state index contributed by atoms with van der Waals surface area (Å²) in [6.07, 6.45) is 0.462. The standard InChI is InChI=1S/C24H25NO4S/c1-18-7-2-5-12-23(18)29-16-24(26)25(21-13-14-30(27,28)17-21)15-20-10-6-9-19-8-3-4-11-22(19)20/h2-12,21H,13-17H2,1H3/t21-/m0/s1. The summed E-state index contributed by atoms with van der Waals surface area (Å²) in [6.45, 7) is 2.17. The second-order valence-corrected chi connectivity index (χ2v) is 10.00. The van der Waals surface area contributed by atoms with E-state index in [0.717, 1.165) is 21.9 Å². The van der Waals surface area contributed by atoms with Crippen LogP contribution in [0.15, 0.2) is 66.7 Å². The molecule has 1 saturated heterocycles. The van der Waals surface area contributed by atoms with Crippen LogP contribution in [0, 0.1) is 6.92 Å². The summed E-state index contributed by atoms with van der Waals surface area (Å²) in [4.78, 5) is 14.9. The molecule has 156 valence electrons. The van der Waals surface area contributed by atoms with Crippen LogP contribution >= 0.6 is 0 Å². The number of carbonyl (C=O) groups excluding carboxylic acids is 1. The number of aryl methyl sites for hydroxylation is 1. The highest BCUT2D eigenvalue weighted by Crippen LogP contribution is 2.25. The molecular weight excluding hydrogens is 398 g/mol. The third-order valence-electron chi connectivity index (χ3n) is 5.63. The minimum atomic E-state index is -3.12. The Hall–Kier alpha value is -2.86. The average molecular weight is 424 g/mol. The van der Waals surface area contributed by atoms with Gasteiger partial charge in [-0.1, -0.05) is 60.7 Å². The van der Waals surface area contributed by atoms with Crippen molar-refractivity contribution in [1.82, 2.24) is 4.90 Å². The molecule has 0 aliphatic carbocycles. The fourth-order valence-corrected chi connectivity index (χ4v) is 5.73. The summed E-state index contributed by atoms with van der Waals surface area (Å²) >= 11 is 0. The zero-order valence-corrected chi connectivity index (χ0v) is 17.8. The Labute approximate surface area is 177 Å². The molecular formula is C24H25NO4S. The first kappa shape index (κ1) is 20.4. The van der Waals surface area contributed by atoms with Gasteiger partial charge in [0.2, 0.25) is 0 Å². The molecule has 6 heteroatoms. The van der Waals surface area contributed by atoms with E-state index in [0.29, 0.717) is 18.7 Å². The molecule has 1 amide bonds. The van der Waals surface area contributed by atoms with Gasteiger partial charge in [-0.3, -0.25) is 4.79 Å². The zero-order valence-electron chi connectivity index (χ0n) is 17.0. The van der Waals surface area contributed by atoms with Crippen LogP contribution in [0.2, 0.25) is 0 Å². The lowest BCUT2D eigenvalue weighted by molar-refractivity contribution is -0.136. The van der Waals surface area contributed by atoms with E-state index in [1.807, 2.05) is 73.7 Å². The van der Waals surface area contributed by atoms with E-state index in [-0.39, 0.29) is 30.1 Å². The molecule has 0 bridgehead atoms. The van der Waals surface area contributed by atoms with Gasteiger partial charge in [-0.25, -0.2) is 8.42 Å². The van der Waals surface area contributed by atoms with E-state index in [2.05, 4.69) is 0 Å². The molecule has 30 heavy (non-hydrogen) atoms. The summed E-state index contributed by atoms with van der Waals surface area (Å²) in [5.74, 6) is 0.590. The largest absolute Gasteiger partial charge is 0.484 e. The van der Waals surface area contributed by atoms with E-state index in [4.69, 9.17) is 4.74 Å².